The average molecular weight is 381 g/mol. The maximum Gasteiger partial charge on any atom is 0.404 e. The predicted molar refractivity (Wildman–Crippen MR) is 103 cm³/mol. The van der Waals surface area contributed by atoms with Gasteiger partial charge in [0, 0.05) is 50.3 Å². The molecular weight excluding hydrogens is 358 g/mol. The van der Waals surface area contributed by atoms with Crippen LogP contribution in [0.3, 0.4) is 0 Å². The highest BCUT2D eigenvalue weighted by molar-refractivity contribution is 5.77. The maximum atomic E-state index is 12.2. The minimum Gasteiger partial charge on any atom is -0.465 e. The van der Waals surface area contributed by atoms with Crippen LogP contribution in [0.15, 0.2) is 30.5 Å². The molecule has 0 saturated heterocycles. The first-order chi connectivity index (χ1) is 13.6. The smallest absolute Gasteiger partial charge is 0.404 e. The van der Waals surface area contributed by atoms with Crippen LogP contribution in [0, 0.1) is 0 Å². The van der Waals surface area contributed by atoms with Crippen LogP contribution in [-0.2, 0) is 30.6 Å². The van der Waals surface area contributed by atoms with Crippen LogP contribution in [0.4, 0.5) is 10.7 Å². The monoisotopic (exact) mass is 381 g/mol. The summed E-state index contributed by atoms with van der Waals surface area (Å²) in [6, 6.07) is 8.78. The van der Waals surface area contributed by atoms with Crippen LogP contribution in [0.25, 0.3) is 0 Å². The Morgan fingerprint density at radius 3 is 2.64 bits per heavy atom. The van der Waals surface area contributed by atoms with Gasteiger partial charge in [-0.1, -0.05) is 24.3 Å². The normalized spacial score (nSPS) is 15.6. The van der Waals surface area contributed by atoms with Gasteiger partial charge in [0.2, 0.25) is 11.9 Å². The number of carbonyl (C=O) groups excluding carboxylic acids is 1. The van der Waals surface area contributed by atoms with E-state index in [1.54, 1.807) is 11.1 Å². The summed E-state index contributed by atoms with van der Waals surface area (Å²) in [5.41, 5.74) is 4.68. The Hall–Kier alpha value is -3.16. The van der Waals surface area contributed by atoms with Crippen LogP contribution < -0.4 is 10.6 Å². The number of nitrogens with zero attached hydrogens (tertiary/aromatic N) is 3. The molecule has 2 aliphatic rings. The van der Waals surface area contributed by atoms with Crippen LogP contribution in [-0.4, -0.2) is 51.1 Å². The van der Waals surface area contributed by atoms with Crippen molar-refractivity contribution in [3.8, 4) is 0 Å². The topological polar surface area (TPSA) is 107 Å². The van der Waals surface area contributed by atoms with Crippen LogP contribution in [0.1, 0.15) is 28.8 Å². The highest BCUT2D eigenvalue weighted by atomic mass is 16.4. The molecule has 0 bridgehead atoms. The molecule has 0 atom stereocenters. The lowest BCUT2D eigenvalue weighted by Crippen LogP contribution is -2.38. The second-order valence-electron chi connectivity index (χ2n) is 7.23. The van der Waals surface area contributed by atoms with Crippen LogP contribution in [0.5, 0.6) is 0 Å². The van der Waals surface area contributed by atoms with Crippen LogP contribution >= 0.6 is 0 Å². The third-order valence-electron chi connectivity index (χ3n) is 5.29. The SMILES string of the molecule is O=C(O)NCCC(=O)N1CCc2nc(NC3Cc4ccccc4C3)ncc2C1. The zero-order chi connectivity index (χ0) is 19.5. The summed E-state index contributed by atoms with van der Waals surface area (Å²) >= 11 is 0. The Morgan fingerprint density at radius 1 is 1.18 bits per heavy atom. The molecule has 2 aromatic rings. The molecule has 2 amide bonds. The summed E-state index contributed by atoms with van der Waals surface area (Å²) in [6.07, 6.45) is 3.46. The minimum absolute atomic E-state index is 0.0645. The maximum absolute atomic E-state index is 12.2. The van der Waals surface area contributed by atoms with Gasteiger partial charge in [-0.25, -0.2) is 14.8 Å². The second-order valence-corrected chi connectivity index (χ2v) is 7.23. The molecule has 1 aromatic heterocycles. The fourth-order valence-corrected chi connectivity index (χ4v) is 3.88. The quantitative estimate of drug-likeness (QED) is 0.726. The Kier molecular flexibility index (Phi) is 5.10. The van der Waals surface area contributed by atoms with E-state index in [4.69, 9.17) is 5.11 Å². The minimum atomic E-state index is -1.12. The van der Waals surface area contributed by atoms with Crippen molar-refractivity contribution in [1.82, 2.24) is 20.2 Å². The lowest BCUT2D eigenvalue weighted by atomic mass is 10.1. The molecule has 28 heavy (non-hydrogen) atoms. The van der Waals surface area contributed by atoms with Crippen molar-refractivity contribution >= 4 is 17.9 Å². The van der Waals surface area contributed by atoms with E-state index in [9.17, 15) is 9.59 Å². The average Bonchev–Trinajstić information content (AvgIpc) is 3.09. The first-order valence-electron chi connectivity index (χ1n) is 9.51. The molecule has 8 nitrogen and oxygen atoms in total. The van der Waals surface area contributed by atoms with Crippen LogP contribution in [0.2, 0.25) is 0 Å². The van der Waals surface area contributed by atoms with Gasteiger partial charge in [0.15, 0.2) is 0 Å². The number of carboxylic acid groups (broad SMARTS) is 1. The lowest BCUT2D eigenvalue weighted by Gasteiger charge is -2.28. The van der Waals surface area contributed by atoms with Crippen molar-refractivity contribution in [2.75, 3.05) is 18.4 Å². The zero-order valence-electron chi connectivity index (χ0n) is 15.5. The molecule has 0 radical (unpaired) electrons. The Balaban J connectivity index is 1.34. The van der Waals surface area contributed by atoms with Gasteiger partial charge in [-0.05, 0) is 24.0 Å². The summed E-state index contributed by atoms with van der Waals surface area (Å²) < 4.78 is 0. The largest absolute Gasteiger partial charge is 0.465 e. The van der Waals surface area contributed by atoms with E-state index in [0.717, 1.165) is 24.1 Å². The summed E-state index contributed by atoms with van der Waals surface area (Å²) in [5, 5.41) is 14.3. The Labute approximate surface area is 163 Å². The number of carbonyl (C=O) groups is 2. The number of hydrogen-bond acceptors (Lipinski definition) is 5. The fourth-order valence-electron chi connectivity index (χ4n) is 3.88. The molecule has 0 fully saturated rings. The number of benzene rings is 1. The highest BCUT2D eigenvalue weighted by Gasteiger charge is 2.24. The number of fused-ring (bicyclic) bond motifs is 2. The van der Waals surface area contributed by atoms with Crippen molar-refractivity contribution in [2.24, 2.45) is 0 Å². The number of amides is 2. The molecule has 8 heteroatoms. The molecule has 1 aromatic carbocycles. The van der Waals surface area contributed by atoms with Crippen molar-refractivity contribution < 1.29 is 14.7 Å². The third kappa shape index (κ3) is 4.05. The van der Waals surface area contributed by atoms with Gasteiger partial charge >= 0.3 is 6.09 Å². The van der Waals surface area contributed by atoms with E-state index in [1.165, 1.54) is 11.1 Å². The molecule has 146 valence electrons. The summed E-state index contributed by atoms with van der Waals surface area (Å²) in [6.45, 7) is 1.18. The molecule has 0 unspecified atom stereocenters. The van der Waals surface area contributed by atoms with Crippen molar-refractivity contribution in [3.63, 3.8) is 0 Å². The summed E-state index contributed by atoms with van der Waals surface area (Å²) in [4.78, 5) is 33.6. The number of aromatic nitrogens is 2. The second kappa shape index (κ2) is 7.84. The molecule has 0 spiro atoms. The van der Waals surface area contributed by atoms with Gasteiger partial charge in [0.1, 0.15) is 0 Å². The number of nitrogens with one attached hydrogen (secondary N) is 2. The van der Waals surface area contributed by atoms with Crippen molar-refractivity contribution in [3.05, 3.63) is 52.8 Å². The summed E-state index contributed by atoms with van der Waals surface area (Å²) in [7, 11) is 0. The van der Waals surface area contributed by atoms with E-state index in [0.29, 0.717) is 31.5 Å². The molecule has 2 heterocycles. The molecule has 1 aliphatic heterocycles. The fraction of sp³-hybridized carbons (Fsp3) is 0.400. The standard InChI is InChI=1S/C20H23N5O3/c26-18(5-7-21-20(27)28)25-8-6-17-15(12-25)11-22-19(24-17)23-16-9-13-3-1-2-4-14(13)10-16/h1-4,11,16,21H,5-10,12H2,(H,27,28)(H,22,23,24). The molecular formula is C20H23N5O3. The van der Waals surface area contributed by atoms with Gasteiger partial charge in [-0.3, -0.25) is 4.79 Å². The number of hydrogen-bond donors (Lipinski definition) is 3. The zero-order valence-corrected chi connectivity index (χ0v) is 15.5. The van der Waals surface area contributed by atoms with Gasteiger partial charge in [-0.15, -0.1) is 0 Å². The Bertz CT molecular complexity index is 876. The summed E-state index contributed by atoms with van der Waals surface area (Å²) in [5.74, 6) is 0.576. The molecule has 3 N–H and O–H groups in total. The molecule has 4 rings (SSSR count). The number of rotatable bonds is 5. The van der Waals surface area contributed by atoms with E-state index >= 15 is 0 Å². The van der Waals surface area contributed by atoms with Gasteiger partial charge in [0.05, 0.1) is 5.69 Å². The molecule has 0 saturated carbocycles. The van der Waals surface area contributed by atoms with Crippen molar-refractivity contribution in [1.29, 1.82) is 0 Å². The van der Waals surface area contributed by atoms with E-state index in [2.05, 4.69) is 44.9 Å². The van der Waals surface area contributed by atoms with E-state index < -0.39 is 6.09 Å². The highest BCUT2D eigenvalue weighted by Crippen LogP contribution is 2.24. The van der Waals surface area contributed by atoms with Gasteiger partial charge < -0.3 is 20.6 Å². The first kappa shape index (κ1) is 18.2. The Morgan fingerprint density at radius 2 is 1.93 bits per heavy atom. The predicted octanol–water partition coefficient (Wildman–Crippen LogP) is 1.60. The molecule has 1 aliphatic carbocycles. The van der Waals surface area contributed by atoms with E-state index in [-0.39, 0.29) is 18.9 Å². The number of anilines is 1. The first-order valence-corrected chi connectivity index (χ1v) is 9.51. The third-order valence-corrected chi connectivity index (χ3v) is 5.29. The van der Waals surface area contributed by atoms with Crippen molar-refractivity contribution in [2.45, 2.75) is 38.3 Å². The van der Waals surface area contributed by atoms with Gasteiger partial charge in [0.25, 0.3) is 0 Å². The van der Waals surface area contributed by atoms with Gasteiger partial charge in [-0.2, -0.15) is 0 Å². The van der Waals surface area contributed by atoms with E-state index in [1.807, 2.05) is 0 Å². The lowest BCUT2D eigenvalue weighted by molar-refractivity contribution is -0.132.